The zero-order chi connectivity index (χ0) is 14.7. The number of aromatic nitrogens is 2. The fourth-order valence-electron chi connectivity index (χ4n) is 2.84. The summed E-state index contributed by atoms with van der Waals surface area (Å²) in [5.74, 6) is 0.986. The van der Waals surface area contributed by atoms with E-state index < -0.39 is 0 Å². The molecular formula is C16H19ClN4. The van der Waals surface area contributed by atoms with E-state index in [9.17, 15) is 0 Å². The molecule has 1 aliphatic rings. The van der Waals surface area contributed by atoms with Crippen molar-refractivity contribution >= 4 is 17.4 Å². The van der Waals surface area contributed by atoms with Crippen molar-refractivity contribution in [3.8, 4) is 0 Å². The Kier molecular flexibility index (Phi) is 4.36. The molecule has 0 radical (unpaired) electrons. The predicted molar refractivity (Wildman–Crippen MR) is 85.6 cm³/mol. The lowest BCUT2D eigenvalue weighted by Gasteiger charge is -2.25. The van der Waals surface area contributed by atoms with E-state index in [4.69, 9.17) is 11.6 Å². The van der Waals surface area contributed by atoms with Gasteiger partial charge < -0.3 is 4.90 Å². The van der Waals surface area contributed by atoms with E-state index in [1.165, 1.54) is 5.56 Å². The molecule has 1 saturated heterocycles. The molecule has 0 bridgehead atoms. The first-order valence-electron chi connectivity index (χ1n) is 7.18. The molecule has 0 saturated carbocycles. The molecule has 2 aromatic rings. The van der Waals surface area contributed by atoms with Crippen LogP contribution in [0, 0.1) is 0 Å². The lowest BCUT2D eigenvalue weighted by molar-refractivity contribution is 0.326. The molecule has 5 heteroatoms. The highest BCUT2D eigenvalue weighted by Crippen LogP contribution is 2.21. The molecule has 1 fully saturated rings. The molecule has 1 aromatic heterocycles. The minimum atomic E-state index is 0.499. The van der Waals surface area contributed by atoms with Crippen LogP contribution < -0.4 is 4.90 Å². The number of rotatable bonds is 4. The summed E-state index contributed by atoms with van der Waals surface area (Å²) in [5.41, 5.74) is 1.27. The van der Waals surface area contributed by atoms with Crippen molar-refractivity contribution < 1.29 is 0 Å². The van der Waals surface area contributed by atoms with E-state index in [-0.39, 0.29) is 0 Å². The van der Waals surface area contributed by atoms with E-state index >= 15 is 0 Å². The van der Waals surface area contributed by atoms with Crippen LogP contribution in [0.1, 0.15) is 12.0 Å². The Balaban J connectivity index is 1.60. The maximum atomic E-state index is 6.05. The summed E-state index contributed by atoms with van der Waals surface area (Å²) < 4.78 is 0. The van der Waals surface area contributed by atoms with Gasteiger partial charge in [-0.25, -0.2) is 9.97 Å². The van der Waals surface area contributed by atoms with Crippen LogP contribution in [-0.2, 0) is 6.54 Å². The average Bonchev–Trinajstić information content (AvgIpc) is 2.96. The standard InChI is InChI=1S/C16H19ClN4/c1-20(16-5-7-18-12-19-16)15-6-8-21(11-15)10-13-3-2-4-14(17)9-13/h2-5,7,9,12,15H,6,8,10-11H2,1H3. The summed E-state index contributed by atoms with van der Waals surface area (Å²) in [6, 6.07) is 10.6. The lowest BCUT2D eigenvalue weighted by Crippen LogP contribution is -2.34. The van der Waals surface area contributed by atoms with Crippen molar-refractivity contribution in [1.82, 2.24) is 14.9 Å². The Hall–Kier alpha value is -1.65. The summed E-state index contributed by atoms with van der Waals surface area (Å²) in [5, 5.41) is 0.807. The van der Waals surface area contributed by atoms with Gasteiger partial charge in [-0.05, 0) is 30.2 Å². The first-order valence-corrected chi connectivity index (χ1v) is 7.56. The van der Waals surface area contributed by atoms with Crippen LogP contribution in [0.25, 0.3) is 0 Å². The van der Waals surface area contributed by atoms with Gasteiger partial charge in [-0.2, -0.15) is 0 Å². The highest BCUT2D eigenvalue weighted by molar-refractivity contribution is 6.30. The number of hydrogen-bond acceptors (Lipinski definition) is 4. The molecule has 0 spiro atoms. The number of hydrogen-bond donors (Lipinski definition) is 0. The molecule has 21 heavy (non-hydrogen) atoms. The molecule has 0 amide bonds. The number of benzene rings is 1. The van der Waals surface area contributed by atoms with Gasteiger partial charge in [-0.1, -0.05) is 23.7 Å². The van der Waals surface area contributed by atoms with E-state index in [2.05, 4.69) is 32.9 Å². The van der Waals surface area contributed by atoms with Crippen molar-refractivity contribution in [3.63, 3.8) is 0 Å². The normalized spacial score (nSPS) is 18.9. The summed E-state index contributed by atoms with van der Waals surface area (Å²) in [4.78, 5) is 13.0. The number of likely N-dealkylation sites (N-methyl/N-ethyl adjacent to an activating group) is 1. The van der Waals surface area contributed by atoms with Crippen LogP contribution in [0.2, 0.25) is 5.02 Å². The van der Waals surface area contributed by atoms with Gasteiger partial charge in [0, 0.05) is 43.9 Å². The number of anilines is 1. The second-order valence-corrected chi connectivity index (χ2v) is 5.92. The van der Waals surface area contributed by atoms with E-state index in [1.54, 1.807) is 12.5 Å². The highest BCUT2D eigenvalue weighted by Gasteiger charge is 2.26. The maximum absolute atomic E-state index is 6.05. The van der Waals surface area contributed by atoms with Gasteiger partial charge in [0.25, 0.3) is 0 Å². The first-order chi connectivity index (χ1) is 10.2. The Labute approximate surface area is 130 Å². The van der Waals surface area contributed by atoms with Crippen LogP contribution in [0.3, 0.4) is 0 Å². The smallest absolute Gasteiger partial charge is 0.131 e. The first kappa shape index (κ1) is 14.3. The molecule has 3 rings (SSSR count). The van der Waals surface area contributed by atoms with Crippen molar-refractivity contribution in [2.75, 3.05) is 25.0 Å². The fraction of sp³-hybridized carbons (Fsp3) is 0.375. The minimum Gasteiger partial charge on any atom is -0.355 e. The molecule has 0 aliphatic carbocycles. The van der Waals surface area contributed by atoms with Gasteiger partial charge in [0.15, 0.2) is 0 Å². The third kappa shape index (κ3) is 3.52. The van der Waals surface area contributed by atoms with Crippen LogP contribution in [0.5, 0.6) is 0 Å². The van der Waals surface area contributed by atoms with Crippen molar-refractivity contribution in [3.05, 3.63) is 53.4 Å². The van der Waals surface area contributed by atoms with Gasteiger partial charge in [0.2, 0.25) is 0 Å². The van der Waals surface area contributed by atoms with Gasteiger partial charge >= 0.3 is 0 Å². The molecule has 1 aliphatic heterocycles. The quantitative estimate of drug-likeness (QED) is 0.869. The van der Waals surface area contributed by atoms with Crippen LogP contribution in [-0.4, -0.2) is 41.0 Å². The monoisotopic (exact) mass is 302 g/mol. The third-order valence-corrected chi connectivity index (χ3v) is 4.25. The summed E-state index contributed by atoms with van der Waals surface area (Å²) >= 11 is 6.05. The third-order valence-electron chi connectivity index (χ3n) is 4.02. The lowest BCUT2D eigenvalue weighted by atomic mass is 10.2. The van der Waals surface area contributed by atoms with Gasteiger partial charge in [0.1, 0.15) is 12.1 Å². The number of halogens is 1. The van der Waals surface area contributed by atoms with E-state index in [0.717, 1.165) is 36.9 Å². The highest BCUT2D eigenvalue weighted by atomic mass is 35.5. The fourth-order valence-corrected chi connectivity index (χ4v) is 3.06. The van der Waals surface area contributed by atoms with E-state index in [0.29, 0.717) is 6.04 Å². The molecular weight excluding hydrogens is 284 g/mol. The van der Waals surface area contributed by atoms with Crippen molar-refractivity contribution in [1.29, 1.82) is 0 Å². The summed E-state index contributed by atoms with van der Waals surface area (Å²) in [7, 11) is 2.11. The number of nitrogens with zero attached hydrogens (tertiary/aromatic N) is 4. The van der Waals surface area contributed by atoms with Crippen LogP contribution in [0.4, 0.5) is 5.82 Å². The second-order valence-electron chi connectivity index (χ2n) is 5.49. The van der Waals surface area contributed by atoms with Crippen molar-refractivity contribution in [2.45, 2.75) is 19.0 Å². The van der Waals surface area contributed by atoms with E-state index in [1.807, 2.05) is 24.3 Å². The molecule has 1 unspecified atom stereocenters. The Morgan fingerprint density at radius 1 is 1.38 bits per heavy atom. The van der Waals surface area contributed by atoms with Gasteiger partial charge in [-0.3, -0.25) is 4.90 Å². The molecule has 0 N–H and O–H groups in total. The molecule has 110 valence electrons. The van der Waals surface area contributed by atoms with Crippen LogP contribution >= 0.6 is 11.6 Å². The summed E-state index contributed by atoms with van der Waals surface area (Å²) in [6.45, 7) is 3.11. The topological polar surface area (TPSA) is 32.3 Å². The SMILES string of the molecule is CN(c1ccncn1)C1CCN(Cc2cccc(Cl)c2)C1. The predicted octanol–water partition coefficient (Wildman–Crippen LogP) is 2.84. The Morgan fingerprint density at radius 3 is 3.05 bits per heavy atom. The minimum absolute atomic E-state index is 0.499. The van der Waals surface area contributed by atoms with Crippen molar-refractivity contribution in [2.24, 2.45) is 0 Å². The Bertz CT molecular complexity index is 590. The largest absolute Gasteiger partial charge is 0.355 e. The Morgan fingerprint density at radius 2 is 2.29 bits per heavy atom. The molecule has 1 atom stereocenters. The summed E-state index contributed by atoms with van der Waals surface area (Å²) in [6.07, 6.45) is 4.54. The number of likely N-dealkylation sites (tertiary alicyclic amines) is 1. The zero-order valence-electron chi connectivity index (χ0n) is 12.1. The van der Waals surface area contributed by atoms with Gasteiger partial charge in [-0.15, -0.1) is 0 Å². The second kappa shape index (κ2) is 6.41. The zero-order valence-corrected chi connectivity index (χ0v) is 12.9. The molecule has 4 nitrogen and oxygen atoms in total. The maximum Gasteiger partial charge on any atom is 0.131 e. The van der Waals surface area contributed by atoms with Crippen LogP contribution in [0.15, 0.2) is 42.9 Å². The average molecular weight is 303 g/mol. The molecule has 1 aromatic carbocycles. The molecule has 2 heterocycles. The van der Waals surface area contributed by atoms with Gasteiger partial charge in [0.05, 0.1) is 0 Å².